The first-order valence-electron chi connectivity index (χ1n) is 7.40. The second-order valence-electron chi connectivity index (χ2n) is 5.29. The normalized spacial score (nSPS) is 13.5. The van der Waals surface area contributed by atoms with Crippen molar-refractivity contribution in [3.8, 4) is 0 Å². The Labute approximate surface area is 131 Å². The lowest BCUT2D eigenvalue weighted by Crippen LogP contribution is -2.42. The molecular weight excluding hydrogens is 286 g/mol. The molecule has 5 nitrogen and oxygen atoms in total. The number of nitrogens with zero attached hydrogens (tertiary/aromatic N) is 1. The van der Waals surface area contributed by atoms with E-state index in [1.165, 1.54) is 5.56 Å². The van der Waals surface area contributed by atoms with E-state index in [0.717, 1.165) is 6.54 Å². The summed E-state index contributed by atoms with van der Waals surface area (Å²) in [5.41, 5.74) is 1.19. The topological polar surface area (TPSA) is 65.9 Å². The molecule has 0 radical (unpaired) electrons. The number of aliphatic hydroxyl groups excluding tert-OH is 1. The highest BCUT2D eigenvalue weighted by molar-refractivity contribution is 7.07. The van der Waals surface area contributed by atoms with Crippen LogP contribution in [-0.2, 0) is 11.3 Å². The lowest BCUT2D eigenvalue weighted by atomic mass is 10.2. The van der Waals surface area contributed by atoms with Crippen LogP contribution in [0.15, 0.2) is 21.8 Å². The Morgan fingerprint density at radius 2 is 2.19 bits per heavy atom. The van der Waals surface area contributed by atoms with E-state index >= 15 is 0 Å². The molecule has 0 bridgehead atoms. The van der Waals surface area contributed by atoms with Crippen LogP contribution in [0.25, 0.3) is 0 Å². The second-order valence-corrected chi connectivity index (χ2v) is 6.07. The van der Waals surface area contributed by atoms with Crippen LogP contribution in [0.4, 0.5) is 0 Å². The molecule has 6 heteroatoms. The fourth-order valence-electron chi connectivity index (χ4n) is 1.61. The van der Waals surface area contributed by atoms with Gasteiger partial charge in [-0.1, -0.05) is 13.8 Å². The van der Waals surface area contributed by atoms with Gasteiger partial charge in [-0.3, -0.25) is 0 Å². The Hall–Kier alpha value is -1.11. The van der Waals surface area contributed by atoms with E-state index in [1.54, 1.807) is 11.3 Å². The minimum absolute atomic E-state index is 0.342. The summed E-state index contributed by atoms with van der Waals surface area (Å²) in [5.74, 6) is 1.20. The Kier molecular flexibility index (Phi) is 9.05. The van der Waals surface area contributed by atoms with E-state index in [9.17, 15) is 5.11 Å². The van der Waals surface area contributed by atoms with Crippen molar-refractivity contribution >= 4 is 17.3 Å². The lowest BCUT2D eigenvalue weighted by molar-refractivity contribution is 0.0280. The van der Waals surface area contributed by atoms with Crippen molar-refractivity contribution in [2.24, 2.45) is 10.9 Å². The van der Waals surface area contributed by atoms with Crippen LogP contribution in [0, 0.1) is 5.92 Å². The Morgan fingerprint density at radius 3 is 2.81 bits per heavy atom. The average molecular weight is 313 g/mol. The standard InChI is InChI=1S/C15H27N3O2S/c1-4-16-15(17-7-13-5-6-21-11-13)18-8-14(19)10-20-9-12(2)3/h5-6,11-12,14,19H,4,7-10H2,1-3H3,(H2,16,17,18). The summed E-state index contributed by atoms with van der Waals surface area (Å²) < 4.78 is 5.42. The van der Waals surface area contributed by atoms with E-state index in [1.807, 2.05) is 12.3 Å². The van der Waals surface area contributed by atoms with Crippen LogP contribution < -0.4 is 10.6 Å². The number of aliphatic imine (C=N–C) groups is 1. The van der Waals surface area contributed by atoms with Crippen molar-refractivity contribution < 1.29 is 9.84 Å². The van der Waals surface area contributed by atoms with Crippen LogP contribution in [0.1, 0.15) is 26.3 Å². The Balaban J connectivity index is 2.31. The SMILES string of the molecule is CCNC(=NCc1ccsc1)NCC(O)COCC(C)C. The summed E-state index contributed by atoms with van der Waals surface area (Å²) in [4.78, 5) is 4.49. The summed E-state index contributed by atoms with van der Waals surface area (Å²) in [5, 5.41) is 20.3. The fourth-order valence-corrected chi connectivity index (χ4v) is 2.27. The highest BCUT2D eigenvalue weighted by atomic mass is 32.1. The molecular formula is C15H27N3O2S. The monoisotopic (exact) mass is 313 g/mol. The van der Waals surface area contributed by atoms with Gasteiger partial charge in [-0.05, 0) is 35.2 Å². The molecule has 0 saturated carbocycles. The number of ether oxygens (including phenoxy) is 1. The van der Waals surface area contributed by atoms with Gasteiger partial charge in [0.2, 0.25) is 0 Å². The van der Waals surface area contributed by atoms with E-state index in [-0.39, 0.29) is 0 Å². The third-order valence-corrected chi connectivity index (χ3v) is 3.34. The van der Waals surface area contributed by atoms with Crippen molar-refractivity contribution in [1.82, 2.24) is 10.6 Å². The van der Waals surface area contributed by atoms with Gasteiger partial charge in [-0.25, -0.2) is 4.99 Å². The van der Waals surface area contributed by atoms with Gasteiger partial charge in [0, 0.05) is 19.7 Å². The lowest BCUT2D eigenvalue weighted by Gasteiger charge is -2.16. The predicted molar refractivity (Wildman–Crippen MR) is 88.8 cm³/mol. The number of thiophene rings is 1. The van der Waals surface area contributed by atoms with Crippen LogP contribution in [0.2, 0.25) is 0 Å². The number of nitrogens with one attached hydrogen (secondary N) is 2. The molecule has 0 aliphatic carbocycles. The van der Waals surface area contributed by atoms with Gasteiger partial charge in [0.15, 0.2) is 5.96 Å². The van der Waals surface area contributed by atoms with Crippen molar-refractivity contribution in [2.75, 3.05) is 26.3 Å². The first-order chi connectivity index (χ1) is 10.1. The molecule has 0 aliphatic rings. The molecule has 120 valence electrons. The molecule has 1 rings (SSSR count). The van der Waals surface area contributed by atoms with E-state index in [2.05, 4.69) is 40.9 Å². The second kappa shape index (κ2) is 10.6. The molecule has 1 heterocycles. The molecule has 0 aromatic carbocycles. The molecule has 1 unspecified atom stereocenters. The zero-order chi connectivity index (χ0) is 15.5. The molecule has 1 atom stereocenters. The minimum Gasteiger partial charge on any atom is -0.389 e. The maximum absolute atomic E-state index is 9.86. The van der Waals surface area contributed by atoms with Crippen LogP contribution in [0.3, 0.4) is 0 Å². The largest absolute Gasteiger partial charge is 0.389 e. The van der Waals surface area contributed by atoms with Gasteiger partial charge in [0.05, 0.1) is 19.3 Å². The maximum Gasteiger partial charge on any atom is 0.191 e. The molecule has 0 aliphatic heterocycles. The van der Waals surface area contributed by atoms with Crippen molar-refractivity contribution in [3.05, 3.63) is 22.4 Å². The third kappa shape index (κ3) is 8.70. The molecule has 0 spiro atoms. The first-order valence-corrected chi connectivity index (χ1v) is 8.35. The Morgan fingerprint density at radius 1 is 1.38 bits per heavy atom. The van der Waals surface area contributed by atoms with Crippen LogP contribution >= 0.6 is 11.3 Å². The van der Waals surface area contributed by atoms with E-state index < -0.39 is 6.10 Å². The molecule has 3 N–H and O–H groups in total. The van der Waals surface area contributed by atoms with Gasteiger partial charge < -0.3 is 20.5 Å². The summed E-state index contributed by atoms with van der Waals surface area (Å²) in [6.45, 7) is 9.06. The van der Waals surface area contributed by atoms with Crippen molar-refractivity contribution in [2.45, 2.75) is 33.4 Å². The minimum atomic E-state index is -0.534. The first kappa shape index (κ1) is 17.9. The summed E-state index contributed by atoms with van der Waals surface area (Å²) in [6, 6.07) is 2.06. The smallest absolute Gasteiger partial charge is 0.191 e. The highest BCUT2D eigenvalue weighted by Crippen LogP contribution is 2.06. The molecule has 0 fully saturated rings. The van der Waals surface area contributed by atoms with Gasteiger partial charge in [-0.2, -0.15) is 11.3 Å². The van der Waals surface area contributed by atoms with E-state index in [4.69, 9.17) is 4.74 Å². The number of hydrogen-bond donors (Lipinski definition) is 3. The Bertz CT molecular complexity index is 394. The predicted octanol–water partition coefficient (Wildman–Crippen LogP) is 1.84. The summed E-state index contributed by atoms with van der Waals surface area (Å²) >= 11 is 1.67. The van der Waals surface area contributed by atoms with Crippen LogP contribution in [-0.4, -0.2) is 43.5 Å². The average Bonchev–Trinajstić information content (AvgIpc) is 2.94. The van der Waals surface area contributed by atoms with E-state index in [0.29, 0.717) is 38.2 Å². The molecule has 1 aromatic heterocycles. The zero-order valence-electron chi connectivity index (χ0n) is 13.1. The molecule has 0 amide bonds. The number of rotatable bonds is 9. The highest BCUT2D eigenvalue weighted by Gasteiger charge is 2.06. The van der Waals surface area contributed by atoms with Crippen molar-refractivity contribution in [3.63, 3.8) is 0 Å². The third-order valence-electron chi connectivity index (χ3n) is 2.61. The number of aliphatic hydroxyl groups is 1. The zero-order valence-corrected chi connectivity index (χ0v) is 13.9. The summed E-state index contributed by atoms with van der Waals surface area (Å²) in [7, 11) is 0. The van der Waals surface area contributed by atoms with Gasteiger partial charge in [0.1, 0.15) is 0 Å². The van der Waals surface area contributed by atoms with Gasteiger partial charge >= 0.3 is 0 Å². The maximum atomic E-state index is 9.86. The molecule has 1 aromatic rings. The summed E-state index contributed by atoms with van der Waals surface area (Å²) in [6.07, 6.45) is -0.534. The number of guanidine groups is 1. The fraction of sp³-hybridized carbons (Fsp3) is 0.667. The number of hydrogen-bond acceptors (Lipinski definition) is 4. The van der Waals surface area contributed by atoms with Gasteiger partial charge in [0.25, 0.3) is 0 Å². The quantitative estimate of drug-likeness (QED) is 0.481. The molecule has 21 heavy (non-hydrogen) atoms. The molecule has 0 saturated heterocycles. The van der Waals surface area contributed by atoms with Crippen LogP contribution in [0.5, 0.6) is 0 Å². The van der Waals surface area contributed by atoms with Gasteiger partial charge in [-0.15, -0.1) is 0 Å². The van der Waals surface area contributed by atoms with Crippen molar-refractivity contribution in [1.29, 1.82) is 0 Å².